The van der Waals surface area contributed by atoms with Crippen molar-refractivity contribution in [2.75, 3.05) is 13.2 Å². The van der Waals surface area contributed by atoms with E-state index in [4.69, 9.17) is 20.6 Å². The third-order valence-corrected chi connectivity index (χ3v) is 5.05. The molecule has 0 bridgehead atoms. The lowest BCUT2D eigenvalue weighted by Gasteiger charge is -2.18. The van der Waals surface area contributed by atoms with Gasteiger partial charge in [0.05, 0.1) is 12.3 Å². The fraction of sp³-hybridized carbons (Fsp3) is 0.462. The molecule has 4 N–H and O–H groups in total. The van der Waals surface area contributed by atoms with Crippen LogP contribution in [0.25, 0.3) is 5.70 Å². The number of nitrogens with two attached hydrogens (primary N) is 1. The molecule has 0 spiro atoms. The van der Waals surface area contributed by atoms with Crippen molar-refractivity contribution in [1.29, 1.82) is 0 Å². The first-order valence-electron chi connectivity index (χ1n) is 11.4. The Hall–Kier alpha value is -2.74. The van der Waals surface area contributed by atoms with Crippen LogP contribution in [-0.4, -0.2) is 40.4 Å². The standard InChI is InChI=1S/C26H37N3O4/c1-7-8-20-12-21(10-17(4)25(20)32-15-24(31)14-30)19(6)29-26(33-27)22-11-18(5)28-23(13-22)9-16(2)3/h10-13,16,24,30-31H,6-9,14-15,27H2,1-5H3/b29-26-/t24-/m0/s1. The second-order valence-corrected chi connectivity index (χ2v) is 8.75. The average Bonchev–Trinajstić information content (AvgIpc) is 2.75. The first kappa shape index (κ1) is 26.5. The molecule has 0 radical (unpaired) electrons. The molecule has 0 fully saturated rings. The molecule has 0 aliphatic heterocycles. The van der Waals surface area contributed by atoms with Crippen molar-refractivity contribution in [3.63, 3.8) is 0 Å². The SMILES string of the molecule is C=C(/N=C(\ON)c1cc(C)nc(CC(C)C)c1)c1cc(C)c(OC[C@@H](O)CO)c(CCC)c1. The summed E-state index contributed by atoms with van der Waals surface area (Å²) in [6.07, 6.45) is 1.63. The Kier molecular flexibility index (Phi) is 10.0. The van der Waals surface area contributed by atoms with E-state index in [0.29, 0.717) is 17.4 Å². The molecule has 0 aliphatic carbocycles. The lowest BCUT2D eigenvalue weighted by atomic mass is 10.00. The highest BCUT2D eigenvalue weighted by molar-refractivity contribution is 5.97. The van der Waals surface area contributed by atoms with E-state index in [1.54, 1.807) is 0 Å². The third kappa shape index (κ3) is 7.67. The summed E-state index contributed by atoms with van der Waals surface area (Å²) in [7, 11) is 0. The minimum absolute atomic E-state index is 0.0256. The monoisotopic (exact) mass is 455 g/mol. The maximum atomic E-state index is 9.66. The molecule has 0 saturated heterocycles. The van der Waals surface area contributed by atoms with Crippen LogP contribution in [0, 0.1) is 19.8 Å². The van der Waals surface area contributed by atoms with Gasteiger partial charge in [-0.1, -0.05) is 33.8 Å². The van der Waals surface area contributed by atoms with Crippen molar-refractivity contribution >= 4 is 11.6 Å². The zero-order chi connectivity index (χ0) is 24.5. The zero-order valence-electron chi connectivity index (χ0n) is 20.4. The number of hydrogen-bond acceptors (Lipinski definition) is 7. The number of ether oxygens (including phenoxy) is 1. The number of nitrogens with zero attached hydrogens (tertiary/aromatic N) is 2. The highest BCUT2D eigenvalue weighted by Crippen LogP contribution is 2.30. The fourth-order valence-electron chi connectivity index (χ4n) is 3.64. The number of hydrogen-bond donors (Lipinski definition) is 3. The van der Waals surface area contributed by atoms with Crippen molar-refractivity contribution in [3.05, 3.63) is 64.5 Å². The van der Waals surface area contributed by atoms with Gasteiger partial charge in [0, 0.05) is 22.5 Å². The van der Waals surface area contributed by atoms with Gasteiger partial charge in [0.15, 0.2) is 0 Å². The molecule has 1 heterocycles. The minimum Gasteiger partial charge on any atom is -0.490 e. The highest BCUT2D eigenvalue weighted by Gasteiger charge is 2.15. The van der Waals surface area contributed by atoms with Gasteiger partial charge in [-0.05, 0) is 68.0 Å². The first-order chi connectivity index (χ1) is 15.7. The fourth-order valence-corrected chi connectivity index (χ4v) is 3.64. The van der Waals surface area contributed by atoms with Crippen molar-refractivity contribution in [2.24, 2.45) is 16.8 Å². The van der Waals surface area contributed by atoms with Crippen LogP contribution in [0.5, 0.6) is 5.75 Å². The molecule has 2 aromatic rings. The number of rotatable bonds is 11. The number of aliphatic imine (C=N–C) groups is 1. The summed E-state index contributed by atoms with van der Waals surface area (Å²) >= 11 is 0. The van der Waals surface area contributed by atoms with Gasteiger partial charge in [0.25, 0.3) is 0 Å². The van der Waals surface area contributed by atoms with Gasteiger partial charge < -0.3 is 19.8 Å². The molecule has 0 unspecified atom stereocenters. The van der Waals surface area contributed by atoms with Crippen molar-refractivity contribution in [2.45, 2.75) is 60.0 Å². The van der Waals surface area contributed by atoms with Gasteiger partial charge in [0.2, 0.25) is 5.90 Å². The van der Waals surface area contributed by atoms with Crippen LogP contribution in [0.15, 0.2) is 35.8 Å². The minimum atomic E-state index is -0.924. The van der Waals surface area contributed by atoms with Crippen molar-refractivity contribution in [1.82, 2.24) is 4.98 Å². The molecule has 0 aliphatic rings. The molecule has 0 amide bonds. The lowest BCUT2D eigenvalue weighted by Crippen LogP contribution is -2.22. The summed E-state index contributed by atoms with van der Waals surface area (Å²) in [4.78, 5) is 14.3. The first-order valence-corrected chi connectivity index (χ1v) is 11.4. The van der Waals surface area contributed by atoms with Gasteiger partial charge in [0.1, 0.15) is 18.5 Å². The Balaban J connectivity index is 2.39. The quantitative estimate of drug-likeness (QED) is 0.269. The van der Waals surface area contributed by atoms with E-state index in [2.05, 4.69) is 37.3 Å². The Bertz CT molecular complexity index is 986. The predicted octanol–water partition coefficient (Wildman–Crippen LogP) is 3.89. The van der Waals surface area contributed by atoms with Gasteiger partial charge >= 0.3 is 0 Å². The molecule has 0 saturated carbocycles. The second-order valence-electron chi connectivity index (χ2n) is 8.75. The predicted molar refractivity (Wildman–Crippen MR) is 132 cm³/mol. The average molecular weight is 456 g/mol. The van der Waals surface area contributed by atoms with Gasteiger partial charge in [-0.2, -0.15) is 5.90 Å². The van der Waals surface area contributed by atoms with E-state index >= 15 is 0 Å². The number of aromatic nitrogens is 1. The maximum Gasteiger partial charge on any atom is 0.245 e. The molecule has 1 aromatic heterocycles. The van der Waals surface area contributed by atoms with E-state index in [1.807, 2.05) is 38.1 Å². The van der Waals surface area contributed by atoms with Crippen LogP contribution in [0.4, 0.5) is 0 Å². The molecule has 7 heteroatoms. The van der Waals surface area contributed by atoms with Crippen molar-refractivity contribution < 1.29 is 19.8 Å². The van der Waals surface area contributed by atoms with Gasteiger partial charge in [-0.25, -0.2) is 4.99 Å². The number of pyridine rings is 1. The highest BCUT2D eigenvalue weighted by atomic mass is 16.6. The van der Waals surface area contributed by atoms with Crippen molar-refractivity contribution in [3.8, 4) is 5.75 Å². The summed E-state index contributed by atoms with van der Waals surface area (Å²) in [5, 5.41) is 18.7. The lowest BCUT2D eigenvalue weighted by molar-refractivity contribution is 0.0531. The second kappa shape index (κ2) is 12.5. The number of aryl methyl sites for hydroxylation is 3. The Morgan fingerprint density at radius 1 is 1.18 bits per heavy atom. The smallest absolute Gasteiger partial charge is 0.245 e. The van der Waals surface area contributed by atoms with Crippen LogP contribution in [-0.2, 0) is 17.7 Å². The number of aliphatic hydroxyl groups excluding tert-OH is 2. The van der Waals surface area contributed by atoms with E-state index in [0.717, 1.165) is 52.9 Å². The molecule has 2 rings (SSSR count). The molecule has 7 nitrogen and oxygen atoms in total. The molecular weight excluding hydrogens is 418 g/mol. The maximum absolute atomic E-state index is 9.66. The largest absolute Gasteiger partial charge is 0.490 e. The van der Waals surface area contributed by atoms with Crippen LogP contribution >= 0.6 is 0 Å². The Labute approximate surface area is 196 Å². The summed E-state index contributed by atoms with van der Waals surface area (Å²) in [6, 6.07) is 7.75. The van der Waals surface area contributed by atoms with Crippen LogP contribution in [0.3, 0.4) is 0 Å². The van der Waals surface area contributed by atoms with E-state index < -0.39 is 6.10 Å². The van der Waals surface area contributed by atoms with E-state index in [1.165, 1.54) is 0 Å². The number of benzene rings is 1. The molecule has 33 heavy (non-hydrogen) atoms. The molecule has 1 atom stereocenters. The molecule has 180 valence electrons. The summed E-state index contributed by atoms with van der Waals surface area (Å²) < 4.78 is 5.81. The topological polar surface area (TPSA) is 110 Å². The Morgan fingerprint density at radius 3 is 2.52 bits per heavy atom. The van der Waals surface area contributed by atoms with Crippen LogP contribution in [0.2, 0.25) is 0 Å². The van der Waals surface area contributed by atoms with Crippen LogP contribution in [0.1, 0.15) is 60.8 Å². The van der Waals surface area contributed by atoms with E-state index in [9.17, 15) is 5.11 Å². The van der Waals surface area contributed by atoms with Gasteiger partial charge in [-0.15, -0.1) is 0 Å². The summed E-state index contributed by atoms with van der Waals surface area (Å²) in [5.74, 6) is 7.05. The normalized spacial score (nSPS) is 12.7. The van der Waals surface area contributed by atoms with E-state index in [-0.39, 0.29) is 19.1 Å². The van der Waals surface area contributed by atoms with Crippen LogP contribution < -0.4 is 10.6 Å². The molecule has 1 aromatic carbocycles. The summed E-state index contributed by atoms with van der Waals surface area (Å²) in [5.41, 5.74) is 5.81. The Morgan fingerprint density at radius 2 is 1.91 bits per heavy atom. The zero-order valence-corrected chi connectivity index (χ0v) is 20.4. The third-order valence-electron chi connectivity index (χ3n) is 5.05. The number of aliphatic hydroxyl groups is 2. The molecular formula is C26H37N3O4. The summed E-state index contributed by atoms with van der Waals surface area (Å²) in [6.45, 7) is 14.1. The van der Waals surface area contributed by atoms with Gasteiger partial charge in [-0.3, -0.25) is 4.98 Å².